The summed E-state index contributed by atoms with van der Waals surface area (Å²) in [7, 11) is 0. The monoisotopic (exact) mass is 455 g/mol. The molecule has 0 radical (unpaired) electrons. The van der Waals surface area contributed by atoms with Crippen LogP contribution in [-0.4, -0.2) is 22.2 Å². The molecule has 1 aliphatic rings. The van der Waals surface area contributed by atoms with E-state index in [0.717, 1.165) is 5.56 Å². The summed E-state index contributed by atoms with van der Waals surface area (Å²) in [5.74, 6) is 0.437. The van der Waals surface area contributed by atoms with E-state index in [-0.39, 0.29) is 12.5 Å². The lowest BCUT2D eigenvalue weighted by atomic mass is 10.2. The molecule has 1 aliphatic heterocycles. The lowest BCUT2D eigenvalue weighted by Crippen LogP contribution is -2.28. The van der Waals surface area contributed by atoms with Crippen LogP contribution >= 0.6 is 35.0 Å². The van der Waals surface area contributed by atoms with Crippen LogP contribution in [0.2, 0.25) is 10.0 Å². The Labute approximate surface area is 187 Å². The second-order valence-electron chi connectivity index (χ2n) is 6.26. The Kier molecular flexibility index (Phi) is 6.38. The molecule has 0 unspecified atom stereocenters. The third kappa shape index (κ3) is 4.67. The molecule has 0 saturated carbocycles. The molecule has 5 nitrogen and oxygen atoms in total. The van der Waals surface area contributed by atoms with Gasteiger partial charge in [-0.2, -0.15) is 5.10 Å². The number of carbonyl (C=O) groups is 1. The number of amidine groups is 1. The van der Waals surface area contributed by atoms with E-state index in [9.17, 15) is 4.79 Å². The molecule has 0 aliphatic carbocycles. The molecule has 0 bridgehead atoms. The molecule has 1 aromatic heterocycles. The maximum Gasteiger partial charge on any atom is 0.267 e. The van der Waals surface area contributed by atoms with Crippen LogP contribution in [0.15, 0.2) is 86.5 Å². The summed E-state index contributed by atoms with van der Waals surface area (Å²) in [6, 6.07) is 18.5. The highest BCUT2D eigenvalue weighted by atomic mass is 35.5. The molecular weight excluding hydrogens is 441 g/mol. The van der Waals surface area contributed by atoms with Crippen LogP contribution in [0.4, 0.5) is 0 Å². The van der Waals surface area contributed by atoms with Gasteiger partial charge in [0.25, 0.3) is 5.91 Å². The minimum Gasteiger partial charge on any atom is -0.467 e. The van der Waals surface area contributed by atoms with Gasteiger partial charge in [-0.05, 0) is 47.2 Å². The number of thioether (sulfide) groups is 1. The van der Waals surface area contributed by atoms with Gasteiger partial charge in [0, 0.05) is 0 Å². The van der Waals surface area contributed by atoms with Crippen LogP contribution in [-0.2, 0) is 11.3 Å². The fourth-order valence-electron chi connectivity index (χ4n) is 2.74. The molecule has 1 amide bonds. The van der Waals surface area contributed by atoms with E-state index >= 15 is 0 Å². The number of nitrogens with zero attached hydrogens (tertiary/aromatic N) is 3. The maximum atomic E-state index is 13.1. The SMILES string of the molecule is O=C1/C(=C/c2cccc(Cl)c2Cl)S/C(=N\N=C\c2ccccc2)N1Cc1ccco1. The van der Waals surface area contributed by atoms with E-state index < -0.39 is 0 Å². The first-order valence-corrected chi connectivity index (χ1v) is 10.5. The van der Waals surface area contributed by atoms with Crippen LogP contribution in [0.25, 0.3) is 6.08 Å². The Morgan fingerprint density at radius 2 is 1.87 bits per heavy atom. The van der Waals surface area contributed by atoms with Gasteiger partial charge in [-0.1, -0.05) is 65.7 Å². The number of amides is 1. The summed E-state index contributed by atoms with van der Waals surface area (Å²) in [5, 5.41) is 9.70. The van der Waals surface area contributed by atoms with Gasteiger partial charge in [-0.3, -0.25) is 9.69 Å². The topological polar surface area (TPSA) is 58.2 Å². The molecule has 0 spiro atoms. The van der Waals surface area contributed by atoms with Crippen LogP contribution in [0, 0.1) is 0 Å². The molecule has 1 fully saturated rings. The maximum absolute atomic E-state index is 13.1. The van der Waals surface area contributed by atoms with Gasteiger partial charge >= 0.3 is 0 Å². The Balaban J connectivity index is 1.65. The number of hydrogen-bond donors (Lipinski definition) is 0. The second kappa shape index (κ2) is 9.34. The molecule has 2 heterocycles. The normalized spacial score (nSPS) is 17.0. The molecule has 150 valence electrons. The summed E-state index contributed by atoms with van der Waals surface area (Å²) < 4.78 is 5.40. The minimum absolute atomic E-state index is 0.207. The zero-order valence-corrected chi connectivity index (χ0v) is 17.9. The highest BCUT2D eigenvalue weighted by Crippen LogP contribution is 2.36. The lowest BCUT2D eigenvalue weighted by Gasteiger charge is -2.12. The van der Waals surface area contributed by atoms with Crippen molar-refractivity contribution in [2.75, 3.05) is 0 Å². The smallest absolute Gasteiger partial charge is 0.267 e. The van der Waals surface area contributed by atoms with Gasteiger partial charge in [-0.15, -0.1) is 5.10 Å². The van der Waals surface area contributed by atoms with Crippen molar-refractivity contribution in [3.8, 4) is 0 Å². The lowest BCUT2D eigenvalue weighted by molar-refractivity contribution is -0.122. The van der Waals surface area contributed by atoms with Gasteiger partial charge in [0.15, 0.2) is 5.17 Å². The third-order valence-electron chi connectivity index (χ3n) is 4.20. The van der Waals surface area contributed by atoms with Gasteiger partial charge in [-0.25, -0.2) is 0 Å². The Bertz CT molecular complexity index is 1140. The van der Waals surface area contributed by atoms with Gasteiger partial charge in [0.05, 0.1) is 34.0 Å². The van der Waals surface area contributed by atoms with E-state index in [0.29, 0.717) is 31.4 Å². The zero-order chi connectivity index (χ0) is 20.9. The molecule has 4 rings (SSSR count). The summed E-state index contributed by atoms with van der Waals surface area (Å²) in [6.45, 7) is 0.249. The van der Waals surface area contributed by atoms with Crippen LogP contribution in [0.1, 0.15) is 16.9 Å². The largest absolute Gasteiger partial charge is 0.467 e. The fraction of sp³-hybridized carbons (Fsp3) is 0.0455. The first kappa shape index (κ1) is 20.5. The number of carbonyl (C=O) groups excluding carboxylic acids is 1. The number of halogens is 2. The van der Waals surface area contributed by atoms with E-state index in [1.165, 1.54) is 16.7 Å². The third-order valence-corrected chi connectivity index (χ3v) is 6.03. The molecule has 0 N–H and O–H groups in total. The van der Waals surface area contributed by atoms with Crippen molar-refractivity contribution in [2.45, 2.75) is 6.54 Å². The Hall–Kier alpha value is -2.80. The minimum atomic E-state index is -0.207. The second-order valence-corrected chi connectivity index (χ2v) is 8.06. The van der Waals surface area contributed by atoms with Crippen LogP contribution < -0.4 is 0 Å². The highest BCUT2D eigenvalue weighted by molar-refractivity contribution is 8.18. The fourth-order valence-corrected chi connectivity index (χ4v) is 4.03. The molecule has 0 atom stereocenters. The number of rotatable bonds is 5. The van der Waals surface area contributed by atoms with Gasteiger partial charge in [0.2, 0.25) is 0 Å². The van der Waals surface area contributed by atoms with E-state index in [2.05, 4.69) is 10.2 Å². The Morgan fingerprint density at radius 1 is 1.03 bits per heavy atom. The predicted molar refractivity (Wildman–Crippen MR) is 123 cm³/mol. The van der Waals surface area contributed by atoms with E-state index in [1.54, 1.807) is 48.9 Å². The van der Waals surface area contributed by atoms with E-state index in [1.807, 2.05) is 30.3 Å². The van der Waals surface area contributed by atoms with Crippen molar-refractivity contribution in [3.63, 3.8) is 0 Å². The zero-order valence-electron chi connectivity index (χ0n) is 15.5. The van der Waals surface area contributed by atoms with Gasteiger partial charge in [0.1, 0.15) is 5.76 Å². The van der Waals surface area contributed by atoms with Crippen molar-refractivity contribution < 1.29 is 9.21 Å². The average molecular weight is 456 g/mol. The number of hydrogen-bond acceptors (Lipinski definition) is 5. The molecule has 8 heteroatoms. The average Bonchev–Trinajstić information content (AvgIpc) is 3.36. The molecule has 30 heavy (non-hydrogen) atoms. The molecular formula is C22H15Cl2N3O2S. The summed E-state index contributed by atoms with van der Waals surface area (Å²) in [5.41, 5.74) is 1.57. The summed E-state index contributed by atoms with van der Waals surface area (Å²) >= 11 is 13.6. The molecule has 2 aromatic carbocycles. The van der Waals surface area contributed by atoms with Gasteiger partial charge < -0.3 is 4.42 Å². The highest BCUT2D eigenvalue weighted by Gasteiger charge is 2.34. The summed E-state index contributed by atoms with van der Waals surface area (Å²) in [6.07, 6.45) is 4.91. The standard InChI is InChI=1S/C22H15Cl2N3O2S/c23-18-10-4-8-16(20(18)24)12-19-21(28)27(14-17-9-5-11-29-17)22(30-19)26-25-13-15-6-2-1-3-7-15/h1-13H,14H2/b19-12-,25-13+,26-22-. The van der Waals surface area contributed by atoms with Crippen LogP contribution in [0.3, 0.4) is 0 Å². The first-order chi connectivity index (χ1) is 14.6. The van der Waals surface area contributed by atoms with Crippen molar-refractivity contribution in [2.24, 2.45) is 10.2 Å². The Morgan fingerprint density at radius 3 is 2.63 bits per heavy atom. The van der Waals surface area contributed by atoms with Crippen molar-refractivity contribution >= 4 is 58.3 Å². The quantitative estimate of drug-likeness (QED) is 0.265. The summed E-state index contributed by atoms with van der Waals surface area (Å²) in [4.78, 5) is 15.1. The van der Waals surface area contributed by atoms with Crippen molar-refractivity contribution in [1.29, 1.82) is 0 Å². The molecule has 3 aromatic rings. The number of benzene rings is 2. The number of furan rings is 1. The van der Waals surface area contributed by atoms with Crippen LogP contribution in [0.5, 0.6) is 0 Å². The van der Waals surface area contributed by atoms with Crippen molar-refractivity contribution in [3.05, 3.63) is 98.8 Å². The first-order valence-electron chi connectivity index (χ1n) is 8.96. The molecule has 1 saturated heterocycles. The van der Waals surface area contributed by atoms with E-state index in [4.69, 9.17) is 27.6 Å². The predicted octanol–water partition coefficient (Wildman–Crippen LogP) is 6.09. The van der Waals surface area contributed by atoms with Crippen molar-refractivity contribution in [1.82, 2.24) is 4.90 Å².